The largest absolute Gasteiger partial charge is 0.448 e. The summed E-state index contributed by atoms with van der Waals surface area (Å²) in [6.45, 7) is 0.0550. The Morgan fingerprint density at radius 1 is 1.58 bits per heavy atom. The van der Waals surface area contributed by atoms with Crippen LogP contribution in [0.15, 0.2) is 16.5 Å². The maximum Gasteiger partial charge on any atom is 0.193 e. The van der Waals surface area contributed by atoms with E-state index in [0.717, 1.165) is 0 Å². The normalized spacial score (nSPS) is 12.2. The molecule has 0 unspecified atom stereocenters. The molecule has 0 aromatic carbocycles. The predicted octanol–water partition coefficient (Wildman–Crippen LogP) is 1.74. The van der Waals surface area contributed by atoms with Crippen LogP contribution in [0.2, 0.25) is 5.22 Å². The van der Waals surface area contributed by atoms with Crippen molar-refractivity contribution in [1.82, 2.24) is 0 Å². The van der Waals surface area contributed by atoms with E-state index in [9.17, 15) is 0 Å². The maximum atomic E-state index is 8.55. The molecule has 1 atom stereocenters. The minimum absolute atomic E-state index is 0. The van der Waals surface area contributed by atoms with Crippen LogP contribution in [0.5, 0.6) is 0 Å². The molecule has 1 rings (SSSR count). The van der Waals surface area contributed by atoms with Gasteiger partial charge in [0.25, 0.3) is 0 Å². The van der Waals surface area contributed by atoms with E-state index in [1.54, 1.807) is 12.1 Å². The van der Waals surface area contributed by atoms with Gasteiger partial charge in [-0.3, -0.25) is 0 Å². The van der Waals surface area contributed by atoms with Gasteiger partial charge in [0.2, 0.25) is 0 Å². The molecule has 1 aromatic rings. The predicted molar refractivity (Wildman–Crippen MR) is 49.6 cm³/mol. The average Bonchev–Trinajstić information content (AvgIpc) is 2.36. The number of nitrogens with two attached hydrogens (primary N) is 1. The molecular weight excluding hydrogens is 201 g/mol. The van der Waals surface area contributed by atoms with Crippen molar-refractivity contribution in [1.29, 1.82) is 0 Å². The van der Waals surface area contributed by atoms with Crippen LogP contribution in [-0.4, -0.2) is 11.7 Å². The number of halogens is 2. The molecule has 0 amide bonds. The summed E-state index contributed by atoms with van der Waals surface area (Å²) in [6, 6.07) is 3.09. The van der Waals surface area contributed by atoms with Gasteiger partial charge in [-0.25, -0.2) is 0 Å². The summed E-state index contributed by atoms with van der Waals surface area (Å²) in [5, 5.41) is 8.88. The highest BCUT2D eigenvalue weighted by Gasteiger charge is 2.08. The summed E-state index contributed by atoms with van der Waals surface area (Å²) in [5.74, 6) is 0.615. The summed E-state index contributed by atoms with van der Waals surface area (Å²) in [5.41, 5.74) is 5.61. The number of aliphatic hydroxyl groups excluding tert-OH is 1. The molecule has 0 aliphatic heterocycles. The van der Waals surface area contributed by atoms with Crippen molar-refractivity contribution in [2.45, 2.75) is 12.5 Å². The lowest BCUT2D eigenvalue weighted by atomic mass is 10.2. The first kappa shape index (κ1) is 11.8. The third-order valence-corrected chi connectivity index (χ3v) is 1.60. The molecule has 1 heterocycles. The van der Waals surface area contributed by atoms with E-state index >= 15 is 0 Å². The number of furan rings is 1. The van der Waals surface area contributed by atoms with Crippen LogP contribution in [0.3, 0.4) is 0 Å². The molecule has 3 N–H and O–H groups in total. The van der Waals surface area contributed by atoms with E-state index in [1.165, 1.54) is 0 Å². The molecule has 0 saturated carbocycles. The van der Waals surface area contributed by atoms with E-state index < -0.39 is 0 Å². The fourth-order valence-corrected chi connectivity index (χ4v) is 0.961. The lowest BCUT2D eigenvalue weighted by Crippen LogP contribution is -2.10. The van der Waals surface area contributed by atoms with Crippen LogP contribution in [0.25, 0.3) is 0 Å². The molecule has 0 aliphatic rings. The minimum atomic E-state index is -0.257. The van der Waals surface area contributed by atoms with Crippen LogP contribution in [0.4, 0.5) is 0 Å². The van der Waals surface area contributed by atoms with E-state index in [0.29, 0.717) is 17.4 Å². The lowest BCUT2D eigenvalue weighted by Gasteiger charge is -2.04. The first-order valence-corrected chi connectivity index (χ1v) is 3.73. The first-order chi connectivity index (χ1) is 5.24. The van der Waals surface area contributed by atoms with Gasteiger partial charge < -0.3 is 15.3 Å². The van der Waals surface area contributed by atoms with Gasteiger partial charge >= 0.3 is 0 Å². The number of hydrogen-bond donors (Lipinski definition) is 2. The Balaban J connectivity index is 0.00000121. The standard InChI is InChI=1S/C7H10ClNO2.ClH/c8-7-2-1-6(11-7)5(9)3-4-10;/h1-2,5,10H,3-4,9H2;1H/t5-;/m1./s1. The number of aliphatic hydroxyl groups is 1. The lowest BCUT2D eigenvalue weighted by molar-refractivity contribution is 0.269. The molecule has 1 aromatic heterocycles. The summed E-state index contributed by atoms with van der Waals surface area (Å²) < 4.78 is 5.03. The minimum Gasteiger partial charge on any atom is -0.448 e. The van der Waals surface area contributed by atoms with Gasteiger partial charge in [0, 0.05) is 6.61 Å². The van der Waals surface area contributed by atoms with Crippen LogP contribution < -0.4 is 5.73 Å². The first-order valence-electron chi connectivity index (χ1n) is 3.35. The van der Waals surface area contributed by atoms with Crippen molar-refractivity contribution >= 4 is 24.0 Å². The van der Waals surface area contributed by atoms with Crippen LogP contribution in [-0.2, 0) is 0 Å². The highest BCUT2D eigenvalue weighted by molar-refractivity contribution is 6.28. The van der Waals surface area contributed by atoms with Crippen LogP contribution in [0, 0.1) is 0 Å². The van der Waals surface area contributed by atoms with Gasteiger partial charge in [-0.2, -0.15) is 0 Å². The monoisotopic (exact) mass is 211 g/mol. The quantitative estimate of drug-likeness (QED) is 0.802. The van der Waals surface area contributed by atoms with Crippen molar-refractivity contribution in [3.63, 3.8) is 0 Å². The summed E-state index contributed by atoms with van der Waals surface area (Å²) >= 11 is 5.52. The third-order valence-electron chi connectivity index (χ3n) is 1.40. The summed E-state index contributed by atoms with van der Waals surface area (Å²) in [7, 11) is 0. The second-order valence-electron chi connectivity index (χ2n) is 2.26. The zero-order chi connectivity index (χ0) is 8.27. The zero-order valence-corrected chi connectivity index (χ0v) is 7.94. The topological polar surface area (TPSA) is 59.4 Å². The SMILES string of the molecule is Cl.N[C@H](CCO)c1ccc(Cl)o1. The molecule has 0 radical (unpaired) electrons. The second-order valence-corrected chi connectivity index (χ2v) is 2.63. The number of rotatable bonds is 3. The van der Waals surface area contributed by atoms with Crippen molar-refractivity contribution in [2.24, 2.45) is 5.73 Å². The smallest absolute Gasteiger partial charge is 0.193 e. The van der Waals surface area contributed by atoms with E-state index in [-0.39, 0.29) is 25.1 Å². The van der Waals surface area contributed by atoms with Crippen LogP contribution >= 0.6 is 24.0 Å². The van der Waals surface area contributed by atoms with E-state index in [1.807, 2.05) is 0 Å². The highest BCUT2D eigenvalue weighted by atomic mass is 35.5. The Labute approximate surface area is 81.9 Å². The molecular formula is C7H11Cl2NO2. The number of hydrogen-bond acceptors (Lipinski definition) is 3. The molecule has 0 spiro atoms. The Morgan fingerprint density at radius 2 is 2.25 bits per heavy atom. The van der Waals surface area contributed by atoms with Crippen molar-refractivity contribution in [2.75, 3.05) is 6.61 Å². The average molecular weight is 212 g/mol. The summed E-state index contributed by atoms with van der Waals surface area (Å²) in [6.07, 6.45) is 0.490. The summed E-state index contributed by atoms with van der Waals surface area (Å²) in [4.78, 5) is 0. The molecule has 0 bridgehead atoms. The molecule has 0 fully saturated rings. The second kappa shape index (κ2) is 5.43. The van der Waals surface area contributed by atoms with Gasteiger partial charge in [-0.05, 0) is 30.2 Å². The Morgan fingerprint density at radius 3 is 2.67 bits per heavy atom. The Hall–Kier alpha value is -0.220. The van der Waals surface area contributed by atoms with Crippen molar-refractivity contribution < 1.29 is 9.52 Å². The van der Waals surface area contributed by atoms with Gasteiger partial charge in [0.05, 0.1) is 6.04 Å². The molecule has 0 aliphatic carbocycles. The molecule has 5 heteroatoms. The van der Waals surface area contributed by atoms with Crippen molar-refractivity contribution in [3.05, 3.63) is 23.1 Å². The third kappa shape index (κ3) is 3.03. The Bertz CT molecular complexity index is 227. The van der Waals surface area contributed by atoms with Crippen LogP contribution in [0.1, 0.15) is 18.2 Å². The van der Waals surface area contributed by atoms with Gasteiger partial charge in [0.1, 0.15) is 5.76 Å². The highest BCUT2D eigenvalue weighted by Crippen LogP contribution is 2.19. The fraction of sp³-hybridized carbons (Fsp3) is 0.429. The zero-order valence-electron chi connectivity index (χ0n) is 6.37. The fourth-order valence-electron chi connectivity index (χ4n) is 0.809. The van der Waals surface area contributed by atoms with E-state index in [2.05, 4.69) is 0 Å². The van der Waals surface area contributed by atoms with Gasteiger partial charge in [0.15, 0.2) is 5.22 Å². The molecule has 70 valence electrons. The van der Waals surface area contributed by atoms with Gasteiger partial charge in [-0.1, -0.05) is 0 Å². The Kier molecular flexibility index (Phi) is 5.33. The maximum absolute atomic E-state index is 8.55. The molecule has 0 saturated heterocycles. The van der Waals surface area contributed by atoms with Crippen molar-refractivity contribution in [3.8, 4) is 0 Å². The molecule has 3 nitrogen and oxygen atoms in total. The molecule has 12 heavy (non-hydrogen) atoms. The van der Waals surface area contributed by atoms with E-state index in [4.69, 9.17) is 26.9 Å². The van der Waals surface area contributed by atoms with Gasteiger partial charge in [-0.15, -0.1) is 12.4 Å².